The van der Waals surface area contributed by atoms with Gasteiger partial charge in [0.05, 0.1) is 5.41 Å². The highest BCUT2D eigenvalue weighted by molar-refractivity contribution is 5.75. The van der Waals surface area contributed by atoms with Gasteiger partial charge < -0.3 is 5.11 Å². The van der Waals surface area contributed by atoms with Crippen LogP contribution in [0.2, 0.25) is 0 Å². The minimum Gasteiger partial charge on any atom is -0.481 e. The van der Waals surface area contributed by atoms with Crippen molar-refractivity contribution in [3.8, 4) is 0 Å². The van der Waals surface area contributed by atoms with Gasteiger partial charge in [-0.25, -0.2) is 0 Å². The van der Waals surface area contributed by atoms with Crippen molar-refractivity contribution in [1.82, 2.24) is 0 Å². The molecule has 1 unspecified atom stereocenters. The molecule has 1 N–H and O–H groups in total. The molecule has 1 aliphatic carbocycles. The van der Waals surface area contributed by atoms with Gasteiger partial charge in [0.25, 0.3) is 0 Å². The van der Waals surface area contributed by atoms with Crippen LogP contribution in [0.5, 0.6) is 0 Å². The molecule has 2 heteroatoms. The smallest absolute Gasteiger partial charge is 0.309 e. The third-order valence-electron chi connectivity index (χ3n) is 3.20. The van der Waals surface area contributed by atoms with E-state index in [-0.39, 0.29) is 5.41 Å². The average molecular weight is 170 g/mol. The molecule has 2 nitrogen and oxygen atoms in total. The molecule has 0 bridgehead atoms. The summed E-state index contributed by atoms with van der Waals surface area (Å²) in [5.74, 6) is -0.0181. The van der Waals surface area contributed by atoms with Gasteiger partial charge in [-0.1, -0.05) is 26.7 Å². The summed E-state index contributed by atoms with van der Waals surface area (Å²) in [4.78, 5) is 11.0. The lowest BCUT2D eigenvalue weighted by Crippen LogP contribution is -2.39. The third-order valence-corrected chi connectivity index (χ3v) is 3.20. The van der Waals surface area contributed by atoms with Crippen LogP contribution in [0.4, 0.5) is 0 Å². The van der Waals surface area contributed by atoms with E-state index in [0.29, 0.717) is 5.92 Å². The Bertz CT molecular complexity index is 171. The third kappa shape index (κ3) is 1.62. The SMILES string of the molecule is CCC(C)CC1(C(=O)O)CCC1. The van der Waals surface area contributed by atoms with Crippen LogP contribution in [0.15, 0.2) is 0 Å². The Morgan fingerprint density at radius 1 is 1.58 bits per heavy atom. The van der Waals surface area contributed by atoms with Crippen molar-refractivity contribution in [2.45, 2.75) is 46.0 Å². The molecule has 1 atom stereocenters. The van der Waals surface area contributed by atoms with E-state index in [1.165, 1.54) is 0 Å². The molecule has 1 saturated carbocycles. The van der Waals surface area contributed by atoms with Crippen LogP contribution in [0.1, 0.15) is 46.0 Å². The van der Waals surface area contributed by atoms with Gasteiger partial charge in [0.2, 0.25) is 0 Å². The Morgan fingerprint density at radius 2 is 2.17 bits per heavy atom. The molecule has 70 valence electrons. The van der Waals surface area contributed by atoms with Crippen LogP contribution in [0.3, 0.4) is 0 Å². The molecule has 0 heterocycles. The van der Waals surface area contributed by atoms with Gasteiger partial charge in [-0.05, 0) is 25.2 Å². The summed E-state index contributed by atoms with van der Waals surface area (Å²) >= 11 is 0. The predicted molar refractivity (Wildman–Crippen MR) is 48.0 cm³/mol. The van der Waals surface area contributed by atoms with E-state index >= 15 is 0 Å². The summed E-state index contributed by atoms with van der Waals surface area (Å²) < 4.78 is 0. The Balaban J connectivity index is 2.50. The molecule has 0 aliphatic heterocycles. The zero-order chi connectivity index (χ0) is 9.19. The van der Waals surface area contributed by atoms with E-state index in [9.17, 15) is 4.79 Å². The maximum atomic E-state index is 11.0. The Labute approximate surface area is 74.0 Å². The van der Waals surface area contributed by atoms with Crippen molar-refractivity contribution in [2.75, 3.05) is 0 Å². The fourth-order valence-electron chi connectivity index (χ4n) is 1.92. The summed E-state index contributed by atoms with van der Waals surface area (Å²) in [5, 5.41) is 9.03. The number of hydrogen-bond donors (Lipinski definition) is 1. The second kappa shape index (κ2) is 3.46. The van der Waals surface area contributed by atoms with Crippen molar-refractivity contribution in [3.63, 3.8) is 0 Å². The van der Waals surface area contributed by atoms with Crippen LogP contribution in [-0.4, -0.2) is 11.1 Å². The highest BCUT2D eigenvalue weighted by Gasteiger charge is 2.44. The molecule has 0 aromatic carbocycles. The first-order chi connectivity index (χ1) is 5.60. The highest BCUT2D eigenvalue weighted by Crippen LogP contribution is 2.46. The summed E-state index contributed by atoms with van der Waals surface area (Å²) in [6.45, 7) is 4.27. The highest BCUT2D eigenvalue weighted by atomic mass is 16.4. The lowest BCUT2D eigenvalue weighted by Gasteiger charge is -2.39. The molecular weight excluding hydrogens is 152 g/mol. The number of aliphatic carboxylic acids is 1. The number of hydrogen-bond acceptors (Lipinski definition) is 1. The fourth-order valence-corrected chi connectivity index (χ4v) is 1.92. The van der Waals surface area contributed by atoms with Crippen molar-refractivity contribution in [1.29, 1.82) is 0 Å². The largest absolute Gasteiger partial charge is 0.481 e. The van der Waals surface area contributed by atoms with Crippen LogP contribution < -0.4 is 0 Å². The van der Waals surface area contributed by atoms with Crippen molar-refractivity contribution < 1.29 is 9.90 Å². The molecule has 0 saturated heterocycles. The monoisotopic (exact) mass is 170 g/mol. The lowest BCUT2D eigenvalue weighted by atomic mass is 9.64. The molecule has 1 rings (SSSR count). The number of carbonyl (C=O) groups is 1. The number of carboxylic acid groups (broad SMARTS) is 1. The predicted octanol–water partition coefficient (Wildman–Crippen LogP) is 2.68. The molecule has 0 aromatic rings. The van der Waals surface area contributed by atoms with Gasteiger partial charge in [-0.2, -0.15) is 0 Å². The Hall–Kier alpha value is -0.530. The second-order valence-corrected chi connectivity index (χ2v) is 4.16. The van der Waals surface area contributed by atoms with Crippen molar-refractivity contribution >= 4 is 5.97 Å². The molecule has 0 aromatic heterocycles. The van der Waals surface area contributed by atoms with E-state index in [1.54, 1.807) is 0 Å². The maximum absolute atomic E-state index is 11.0. The summed E-state index contributed by atoms with van der Waals surface area (Å²) in [5.41, 5.74) is -0.338. The van der Waals surface area contributed by atoms with E-state index in [1.807, 2.05) is 0 Å². The van der Waals surface area contributed by atoms with Crippen molar-refractivity contribution in [2.24, 2.45) is 11.3 Å². The molecule has 1 fully saturated rings. The Kier molecular flexibility index (Phi) is 2.76. The molecule has 0 amide bonds. The Morgan fingerprint density at radius 3 is 2.42 bits per heavy atom. The van der Waals surface area contributed by atoms with Gasteiger partial charge in [0.15, 0.2) is 0 Å². The minimum atomic E-state index is -0.575. The molecule has 0 radical (unpaired) electrons. The van der Waals surface area contributed by atoms with Crippen LogP contribution in [-0.2, 0) is 4.79 Å². The molecule has 0 spiro atoms. The normalized spacial score (nSPS) is 22.8. The molecule has 12 heavy (non-hydrogen) atoms. The van der Waals surface area contributed by atoms with Gasteiger partial charge in [-0.3, -0.25) is 4.79 Å². The topological polar surface area (TPSA) is 37.3 Å². The van der Waals surface area contributed by atoms with E-state index in [0.717, 1.165) is 32.1 Å². The van der Waals surface area contributed by atoms with Gasteiger partial charge >= 0.3 is 5.97 Å². The minimum absolute atomic E-state index is 0.338. The maximum Gasteiger partial charge on any atom is 0.309 e. The van der Waals surface area contributed by atoms with E-state index in [2.05, 4.69) is 13.8 Å². The van der Waals surface area contributed by atoms with Crippen molar-refractivity contribution in [3.05, 3.63) is 0 Å². The standard InChI is InChI=1S/C10H18O2/c1-3-8(2)7-10(9(11)12)5-4-6-10/h8H,3-7H2,1-2H3,(H,11,12). The van der Waals surface area contributed by atoms with Gasteiger partial charge in [0.1, 0.15) is 0 Å². The summed E-state index contributed by atoms with van der Waals surface area (Å²) in [7, 11) is 0. The van der Waals surface area contributed by atoms with Gasteiger partial charge in [0, 0.05) is 0 Å². The number of rotatable bonds is 4. The van der Waals surface area contributed by atoms with E-state index in [4.69, 9.17) is 5.11 Å². The van der Waals surface area contributed by atoms with Crippen LogP contribution >= 0.6 is 0 Å². The van der Waals surface area contributed by atoms with E-state index < -0.39 is 5.97 Å². The quantitative estimate of drug-likeness (QED) is 0.704. The second-order valence-electron chi connectivity index (χ2n) is 4.16. The summed E-state index contributed by atoms with van der Waals surface area (Å²) in [6, 6.07) is 0. The van der Waals surface area contributed by atoms with Crippen LogP contribution in [0.25, 0.3) is 0 Å². The first-order valence-corrected chi connectivity index (χ1v) is 4.84. The zero-order valence-electron chi connectivity index (χ0n) is 7.97. The lowest BCUT2D eigenvalue weighted by molar-refractivity contribution is -0.156. The fraction of sp³-hybridized carbons (Fsp3) is 0.900. The average Bonchev–Trinajstić information content (AvgIpc) is 1.95. The van der Waals surface area contributed by atoms with Gasteiger partial charge in [-0.15, -0.1) is 0 Å². The van der Waals surface area contributed by atoms with Crippen LogP contribution in [0, 0.1) is 11.3 Å². The first-order valence-electron chi connectivity index (χ1n) is 4.84. The zero-order valence-corrected chi connectivity index (χ0v) is 7.97. The first kappa shape index (κ1) is 9.56. The molecule has 1 aliphatic rings. The number of carboxylic acids is 1. The molecular formula is C10H18O2. The summed E-state index contributed by atoms with van der Waals surface area (Å²) in [6.07, 6.45) is 4.86.